The van der Waals surface area contributed by atoms with Gasteiger partial charge in [-0.2, -0.15) is 0 Å². The molecule has 0 unspecified atom stereocenters. The van der Waals surface area contributed by atoms with Gasteiger partial charge in [0, 0.05) is 32.0 Å². The Bertz CT molecular complexity index is 742. The predicted octanol–water partition coefficient (Wildman–Crippen LogP) is 2.98. The summed E-state index contributed by atoms with van der Waals surface area (Å²) < 4.78 is 1.93. The van der Waals surface area contributed by atoms with Crippen molar-refractivity contribution < 1.29 is 5.11 Å². The van der Waals surface area contributed by atoms with Gasteiger partial charge < -0.3 is 9.51 Å². The summed E-state index contributed by atoms with van der Waals surface area (Å²) in [5.74, 6) is 0. The van der Waals surface area contributed by atoms with Crippen molar-refractivity contribution in [3.05, 3.63) is 71.1 Å². The van der Waals surface area contributed by atoms with Gasteiger partial charge in [0.15, 0.2) is 0 Å². The smallest absolute Gasteiger partial charge is 0.137 e. The summed E-state index contributed by atoms with van der Waals surface area (Å²) in [6, 6.07) is 14.0. The van der Waals surface area contributed by atoms with Crippen LogP contribution in [0.3, 0.4) is 0 Å². The molecule has 22 heavy (non-hydrogen) atoms. The zero-order valence-corrected chi connectivity index (χ0v) is 12.9. The van der Waals surface area contributed by atoms with Crippen LogP contribution in [0.4, 0.5) is 0 Å². The summed E-state index contributed by atoms with van der Waals surface area (Å²) in [6.45, 7) is 2.22. The number of benzene rings is 1. The van der Waals surface area contributed by atoms with E-state index in [1.54, 1.807) is 0 Å². The Hall–Kier alpha value is -1.88. The number of fused-ring (bicyclic) bond motifs is 1. The summed E-state index contributed by atoms with van der Waals surface area (Å²) in [6.07, 6.45) is 3.83. The number of nitrogens with zero attached hydrogens (tertiary/aromatic N) is 3. The lowest BCUT2D eigenvalue weighted by atomic mass is 10.2. The van der Waals surface area contributed by atoms with E-state index in [0.29, 0.717) is 18.1 Å². The molecule has 0 fully saturated rings. The van der Waals surface area contributed by atoms with Crippen LogP contribution in [0.25, 0.3) is 5.65 Å². The third kappa shape index (κ3) is 3.65. The van der Waals surface area contributed by atoms with Crippen LogP contribution in [0.1, 0.15) is 11.3 Å². The third-order valence-electron chi connectivity index (χ3n) is 3.52. The number of aliphatic hydroxyl groups is 1. The summed E-state index contributed by atoms with van der Waals surface area (Å²) in [7, 11) is 0. The van der Waals surface area contributed by atoms with Crippen molar-refractivity contribution in [2.24, 2.45) is 0 Å². The van der Waals surface area contributed by atoms with E-state index in [4.69, 9.17) is 11.6 Å². The number of aliphatic hydroxyl groups excluding tert-OH is 1. The van der Waals surface area contributed by atoms with Crippen molar-refractivity contribution in [3.63, 3.8) is 0 Å². The van der Waals surface area contributed by atoms with Crippen molar-refractivity contribution in [3.8, 4) is 0 Å². The molecule has 1 N–H and O–H groups in total. The van der Waals surface area contributed by atoms with Gasteiger partial charge in [0.05, 0.1) is 17.3 Å². The number of halogens is 1. The number of aromatic nitrogens is 2. The SMILES string of the molecule is OCCN(Cc1ccccc1)Cc1cn2cc(Cl)ccc2n1. The molecule has 0 aliphatic heterocycles. The van der Waals surface area contributed by atoms with Gasteiger partial charge >= 0.3 is 0 Å². The topological polar surface area (TPSA) is 40.8 Å². The average molecular weight is 316 g/mol. The van der Waals surface area contributed by atoms with E-state index in [2.05, 4.69) is 22.0 Å². The summed E-state index contributed by atoms with van der Waals surface area (Å²) >= 11 is 6.00. The highest BCUT2D eigenvalue weighted by atomic mass is 35.5. The fourth-order valence-electron chi connectivity index (χ4n) is 2.52. The van der Waals surface area contributed by atoms with Crippen molar-refractivity contribution >= 4 is 17.2 Å². The second-order valence-electron chi connectivity index (χ2n) is 5.26. The Labute approximate surface area is 134 Å². The highest BCUT2D eigenvalue weighted by Crippen LogP contribution is 2.14. The fraction of sp³-hybridized carbons (Fsp3) is 0.235. The fourth-order valence-corrected chi connectivity index (χ4v) is 2.69. The average Bonchev–Trinajstić information content (AvgIpc) is 2.90. The maximum absolute atomic E-state index is 9.28. The van der Waals surface area contributed by atoms with Gasteiger partial charge in [0.2, 0.25) is 0 Å². The lowest BCUT2D eigenvalue weighted by Gasteiger charge is -2.20. The zero-order chi connectivity index (χ0) is 15.4. The van der Waals surface area contributed by atoms with E-state index in [-0.39, 0.29) is 6.61 Å². The summed E-state index contributed by atoms with van der Waals surface area (Å²) in [5, 5.41) is 9.97. The Morgan fingerprint density at radius 1 is 1.05 bits per heavy atom. The minimum atomic E-state index is 0.131. The standard InChI is InChI=1S/C17H18ClN3O/c18-15-6-7-17-19-16(13-21(17)11-15)12-20(8-9-22)10-14-4-2-1-3-5-14/h1-7,11,13,22H,8-10,12H2. The highest BCUT2D eigenvalue weighted by molar-refractivity contribution is 6.30. The quantitative estimate of drug-likeness (QED) is 0.760. The van der Waals surface area contributed by atoms with Crippen LogP contribution in [0.15, 0.2) is 54.9 Å². The highest BCUT2D eigenvalue weighted by Gasteiger charge is 2.09. The summed E-state index contributed by atoms with van der Waals surface area (Å²) in [4.78, 5) is 6.78. The first-order valence-electron chi connectivity index (χ1n) is 7.25. The van der Waals surface area contributed by atoms with Crippen LogP contribution < -0.4 is 0 Å². The molecule has 0 aliphatic rings. The number of hydrogen-bond donors (Lipinski definition) is 1. The molecule has 3 aromatic rings. The molecule has 1 aromatic carbocycles. The molecule has 0 atom stereocenters. The van der Waals surface area contributed by atoms with Crippen LogP contribution >= 0.6 is 11.6 Å². The van der Waals surface area contributed by atoms with Crippen molar-refractivity contribution in [2.45, 2.75) is 13.1 Å². The molecule has 0 saturated carbocycles. The second kappa shape index (κ2) is 6.92. The molecule has 4 nitrogen and oxygen atoms in total. The molecule has 0 saturated heterocycles. The maximum Gasteiger partial charge on any atom is 0.137 e. The number of pyridine rings is 1. The van der Waals surface area contributed by atoms with Crippen LogP contribution in [0, 0.1) is 0 Å². The van der Waals surface area contributed by atoms with Gasteiger partial charge in [0.25, 0.3) is 0 Å². The van der Waals surface area contributed by atoms with E-state index >= 15 is 0 Å². The molecule has 2 aromatic heterocycles. The molecule has 114 valence electrons. The summed E-state index contributed by atoms with van der Waals surface area (Å²) in [5.41, 5.74) is 3.07. The van der Waals surface area contributed by atoms with Crippen molar-refractivity contribution in [1.29, 1.82) is 0 Å². The molecule has 3 rings (SSSR count). The van der Waals surface area contributed by atoms with E-state index in [9.17, 15) is 5.11 Å². The third-order valence-corrected chi connectivity index (χ3v) is 3.74. The lowest BCUT2D eigenvalue weighted by Crippen LogP contribution is -2.26. The van der Waals surface area contributed by atoms with Gasteiger partial charge in [-0.15, -0.1) is 0 Å². The Kier molecular flexibility index (Phi) is 4.73. The maximum atomic E-state index is 9.28. The van der Waals surface area contributed by atoms with Gasteiger partial charge in [-0.25, -0.2) is 4.98 Å². The number of rotatable bonds is 6. The number of imidazole rings is 1. The van der Waals surface area contributed by atoms with Gasteiger partial charge in [0.1, 0.15) is 5.65 Å². The zero-order valence-electron chi connectivity index (χ0n) is 12.2. The molecule has 0 bridgehead atoms. The Balaban J connectivity index is 1.76. The molecular formula is C17H18ClN3O. The van der Waals surface area contributed by atoms with E-state index in [1.807, 2.05) is 47.1 Å². The normalized spacial score (nSPS) is 11.4. The predicted molar refractivity (Wildman–Crippen MR) is 87.8 cm³/mol. The van der Waals surface area contributed by atoms with Crippen LogP contribution in [0.2, 0.25) is 5.02 Å². The first-order valence-corrected chi connectivity index (χ1v) is 7.62. The Morgan fingerprint density at radius 2 is 1.86 bits per heavy atom. The van der Waals surface area contributed by atoms with E-state index in [1.165, 1.54) is 5.56 Å². The minimum Gasteiger partial charge on any atom is -0.395 e. The lowest BCUT2D eigenvalue weighted by molar-refractivity contribution is 0.183. The van der Waals surface area contributed by atoms with Crippen LogP contribution in [-0.2, 0) is 13.1 Å². The molecule has 0 aliphatic carbocycles. The molecule has 2 heterocycles. The van der Waals surface area contributed by atoms with Gasteiger partial charge in [-0.1, -0.05) is 41.9 Å². The van der Waals surface area contributed by atoms with Crippen molar-refractivity contribution in [2.75, 3.05) is 13.2 Å². The molecule has 0 amide bonds. The second-order valence-corrected chi connectivity index (χ2v) is 5.70. The largest absolute Gasteiger partial charge is 0.395 e. The first-order chi connectivity index (χ1) is 10.7. The Morgan fingerprint density at radius 3 is 2.64 bits per heavy atom. The minimum absolute atomic E-state index is 0.131. The molecular weight excluding hydrogens is 298 g/mol. The molecule has 0 radical (unpaired) electrons. The first kappa shape index (κ1) is 15.0. The van der Waals surface area contributed by atoms with Crippen molar-refractivity contribution in [1.82, 2.24) is 14.3 Å². The van der Waals surface area contributed by atoms with Gasteiger partial charge in [-0.3, -0.25) is 4.90 Å². The van der Waals surface area contributed by atoms with Crippen LogP contribution in [0.5, 0.6) is 0 Å². The monoisotopic (exact) mass is 315 g/mol. The van der Waals surface area contributed by atoms with Gasteiger partial charge in [-0.05, 0) is 17.7 Å². The van der Waals surface area contributed by atoms with Crippen LogP contribution in [-0.4, -0.2) is 32.5 Å². The van der Waals surface area contributed by atoms with E-state index in [0.717, 1.165) is 17.9 Å². The number of hydrogen-bond acceptors (Lipinski definition) is 3. The molecule has 5 heteroatoms. The van der Waals surface area contributed by atoms with E-state index < -0.39 is 0 Å². The molecule has 0 spiro atoms.